The minimum Gasteiger partial charge on any atom is -0.375 e. The summed E-state index contributed by atoms with van der Waals surface area (Å²) in [5.74, 6) is 0. The van der Waals surface area contributed by atoms with Crippen LogP contribution in [0.15, 0.2) is 22.5 Å². The van der Waals surface area contributed by atoms with Crippen LogP contribution in [-0.2, 0) is 19.6 Å². The summed E-state index contributed by atoms with van der Waals surface area (Å²) in [4.78, 5) is 20.1. The average Bonchev–Trinajstić information content (AvgIpc) is 2.93. The first-order chi connectivity index (χ1) is 8.91. The van der Waals surface area contributed by atoms with Gasteiger partial charge in [0.1, 0.15) is 0 Å². The molecule has 106 valence electrons. The van der Waals surface area contributed by atoms with Gasteiger partial charge in [0.25, 0.3) is 0 Å². The van der Waals surface area contributed by atoms with Crippen LogP contribution in [0.1, 0.15) is 25.1 Å². The molecule has 1 aliphatic rings. The first-order valence-corrected chi connectivity index (χ1v) is 8.91. The van der Waals surface area contributed by atoms with Gasteiger partial charge in [-0.2, -0.15) is 4.99 Å². The SMILES string of the molecule is CCN1OC(OP(C)(=O)O)=NC1(CC)c1cccs1. The summed E-state index contributed by atoms with van der Waals surface area (Å²) in [6, 6.07) is 3.91. The largest absolute Gasteiger partial charge is 0.412 e. The van der Waals surface area contributed by atoms with Crippen molar-refractivity contribution >= 4 is 25.0 Å². The average molecular weight is 304 g/mol. The molecule has 1 aliphatic heterocycles. The van der Waals surface area contributed by atoms with Gasteiger partial charge < -0.3 is 14.3 Å². The van der Waals surface area contributed by atoms with E-state index in [1.54, 1.807) is 16.4 Å². The van der Waals surface area contributed by atoms with Crippen molar-refractivity contribution in [3.8, 4) is 0 Å². The van der Waals surface area contributed by atoms with Crippen LogP contribution in [0.25, 0.3) is 0 Å². The van der Waals surface area contributed by atoms with Gasteiger partial charge in [-0.05, 0) is 24.8 Å². The summed E-state index contributed by atoms with van der Waals surface area (Å²) in [5, 5.41) is 3.63. The lowest BCUT2D eigenvalue weighted by Gasteiger charge is -2.30. The van der Waals surface area contributed by atoms with E-state index in [4.69, 9.17) is 9.36 Å². The van der Waals surface area contributed by atoms with Gasteiger partial charge in [-0.15, -0.1) is 16.4 Å². The van der Waals surface area contributed by atoms with E-state index in [9.17, 15) is 9.46 Å². The van der Waals surface area contributed by atoms with Crippen LogP contribution in [0.2, 0.25) is 0 Å². The van der Waals surface area contributed by atoms with Crippen LogP contribution < -0.4 is 0 Å². The van der Waals surface area contributed by atoms with Crippen molar-refractivity contribution in [3.05, 3.63) is 22.4 Å². The lowest BCUT2D eigenvalue weighted by atomic mass is 10.1. The molecule has 2 atom stereocenters. The molecule has 0 radical (unpaired) electrons. The van der Waals surface area contributed by atoms with Gasteiger partial charge in [-0.1, -0.05) is 13.0 Å². The van der Waals surface area contributed by atoms with Crippen molar-refractivity contribution in [2.75, 3.05) is 13.2 Å². The summed E-state index contributed by atoms with van der Waals surface area (Å²) < 4.78 is 16.2. The molecule has 0 aliphatic carbocycles. The molecule has 0 spiro atoms. The Labute approximate surface area is 116 Å². The maximum atomic E-state index is 11.3. The van der Waals surface area contributed by atoms with E-state index in [0.29, 0.717) is 13.0 Å². The minimum atomic E-state index is -3.67. The zero-order valence-electron chi connectivity index (χ0n) is 11.1. The fraction of sp³-hybridized carbons (Fsp3) is 0.545. The van der Waals surface area contributed by atoms with Gasteiger partial charge in [0.2, 0.25) is 0 Å². The Morgan fingerprint density at radius 1 is 1.63 bits per heavy atom. The highest BCUT2D eigenvalue weighted by atomic mass is 32.1. The molecule has 19 heavy (non-hydrogen) atoms. The second kappa shape index (κ2) is 5.25. The molecule has 1 aromatic rings. The van der Waals surface area contributed by atoms with Crippen molar-refractivity contribution in [1.82, 2.24) is 5.06 Å². The Morgan fingerprint density at radius 3 is 2.84 bits per heavy atom. The van der Waals surface area contributed by atoms with Crippen molar-refractivity contribution in [3.63, 3.8) is 0 Å². The number of nitrogens with zero attached hydrogens (tertiary/aromatic N) is 2. The number of hydroxylamine groups is 2. The highest BCUT2D eigenvalue weighted by molar-refractivity contribution is 7.52. The molecule has 0 saturated heterocycles. The molecule has 0 saturated carbocycles. The fourth-order valence-electron chi connectivity index (χ4n) is 2.02. The first kappa shape index (κ1) is 14.5. The van der Waals surface area contributed by atoms with Gasteiger partial charge in [0, 0.05) is 13.2 Å². The molecule has 2 rings (SSSR count). The smallest absolute Gasteiger partial charge is 0.375 e. The Hall–Kier alpha value is -0.880. The number of hydrogen-bond acceptors (Lipinski definition) is 6. The first-order valence-electron chi connectivity index (χ1n) is 6.00. The maximum absolute atomic E-state index is 11.3. The third-order valence-corrected chi connectivity index (χ3v) is 4.33. The molecule has 0 aromatic carbocycles. The van der Waals surface area contributed by atoms with Crippen molar-refractivity contribution < 1.29 is 18.8 Å². The monoisotopic (exact) mass is 304 g/mol. The van der Waals surface area contributed by atoms with Gasteiger partial charge in [0.05, 0.1) is 4.88 Å². The van der Waals surface area contributed by atoms with E-state index >= 15 is 0 Å². The van der Waals surface area contributed by atoms with Crippen LogP contribution in [-0.4, -0.2) is 29.3 Å². The van der Waals surface area contributed by atoms with Crippen LogP contribution in [0.4, 0.5) is 0 Å². The standard InChI is InChI=1S/C11H17N2O4PS/c1-4-11(9-7-6-8-19-9)12-10(16-13(11)5-2)17-18(3,14)15/h6-8H,4-5H2,1-3H3,(H,14,15). The Balaban J connectivity index is 2.37. The zero-order chi connectivity index (χ0) is 14.1. The number of hydrogen-bond donors (Lipinski definition) is 1. The van der Waals surface area contributed by atoms with Crippen LogP contribution in [0.3, 0.4) is 0 Å². The predicted octanol–water partition coefficient (Wildman–Crippen LogP) is 2.77. The lowest BCUT2D eigenvalue weighted by Crippen LogP contribution is -2.39. The third kappa shape index (κ3) is 2.84. The van der Waals surface area contributed by atoms with E-state index in [0.717, 1.165) is 11.5 Å². The van der Waals surface area contributed by atoms with Gasteiger partial charge >= 0.3 is 13.7 Å². The Morgan fingerprint density at radius 2 is 2.37 bits per heavy atom. The van der Waals surface area contributed by atoms with Crippen LogP contribution in [0, 0.1) is 0 Å². The van der Waals surface area contributed by atoms with Crippen molar-refractivity contribution in [1.29, 1.82) is 0 Å². The van der Waals surface area contributed by atoms with E-state index < -0.39 is 13.3 Å². The second-order valence-electron chi connectivity index (χ2n) is 4.21. The third-order valence-electron chi connectivity index (χ3n) is 2.82. The molecule has 6 nitrogen and oxygen atoms in total. The maximum Gasteiger partial charge on any atom is 0.412 e. The zero-order valence-corrected chi connectivity index (χ0v) is 12.8. The topological polar surface area (TPSA) is 71.4 Å². The Kier molecular flexibility index (Phi) is 4.01. The highest BCUT2D eigenvalue weighted by Gasteiger charge is 2.46. The minimum absolute atomic E-state index is 0.148. The van der Waals surface area contributed by atoms with Gasteiger partial charge in [-0.25, -0.2) is 4.57 Å². The molecule has 1 aromatic heterocycles. The molecule has 2 unspecified atom stereocenters. The van der Waals surface area contributed by atoms with Crippen LogP contribution >= 0.6 is 18.9 Å². The molecular weight excluding hydrogens is 287 g/mol. The fourth-order valence-corrected chi connectivity index (χ4v) is 3.32. The molecule has 8 heteroatoms. The molecule has 0 fully saturated rings. The number of rotatable bonds is 4. The normalized spacial score (nSPS) is 26.6. The summed E-state index contributed by atoms with van der Waals surface area (Å²) in [6.07, 6.45) is 0.527. The summed E-state index contributed by atoms with van der Waals surface area (Å²) in [5.41, 5.74) is -0.673. The molecule has 2 heterocycles. The van der Waals surface area contributed by atoms with Gasteiger partial charge in [-0.3, -0.25) is 0 Å². The van der Waals surface area contributed by atoms with E-state index in [2.05, 4.69) is 4.99 Å². The van der Waals surface area contributed by atoms with E-state index in [1.807, 2.05) is 31.4 Å². The number of thiophene rings is 1. The summed E-state index contributed by atoms with van der Waals surface area (Å²) in [6.45, 7) is 5.61. The highest BCUT2D eigenvalue weighted by Crippen LogP contribution is 2.44. The summed E-state index contributed by atoms with van der Waals surface area (Å²) >= 11 is 1.57. The van der Waals surface area contributed by atoms with E-state index in [1.165, 1.54) is 0 Å². The molecule has 0 amide bonds. The molecule has 1 N–H and O–H groups in total. The Bertz CT molecular complexity index is 513. The van der Waals surface area contributed by atoms with Crippen molar-refractivity contribution in [2.45, 2.75) is 25.9 Å². The van der Waals surface area contributed by atoms with E-state index in [-0.39, 0.29) is 6.08 Å². The predicted molar refractivity (Wildman–Crippen MR) is 74.0 cm³/mol. The number of aliphatic imine (C=N–C) groups is 1. The summed E-state index contributed by atoms with van der Waals surface area (Å²) in [7, 11) is -3.67. The van der Waals surface area contributed by atoms with Crippen LogP contribution in [0.5, 0.6) is 0 Å². The quantitative estimate of drug-likeness (QED) is 0.866. The second-order valence-corrected chi connectivity index (χ2v) is 6.94. The van der Waals surface area contributed by atoms with Gasteiger partial charge in [0.15, 0.2) is 5.66 Å². The molecular formula is C11H17N2O4PS. The lowest BCUT2D eigenvalue weighted by molar-refractivity contribution is -0.138. The van der Waals surface area contributed by atoms with Crippen molar-refractivity contribution in [2.24, 2.45) is 4.99 Å². The molecule has 0 bridgehead atoms.